The van der Waals surface area contributed by atoms with Gasteiger partial charge in [0.15, 0.2) is 0 Å². The Morgan fingerprint density at radius 3 is 2.50 bits per heavy atom. The van der Waals surface area contributed by atoms with E-state index in [1.54, 1.807) is 18.2 Å². The van der Waals surface area contributed by atoms with Crippen molar-refractivity contribution in [2.75, 3.05) is 0 Å². The van der Waals surface area contributed by atoms with Gasteiger partial charge in [0.1, 0.15) is 5.69 Å². The van der Waals surface area contributed by atoms with E-state index in [4.69, 9.17) is 0 Å². The molecular weight excluding hydrogens is 376 g/mol. The van der Waals surface area contributed by atoms with E-state index in [2.05, 4.69) is 20.5 Å². The molecule has 1 amide bonds. The highest BCUT2D eigenvalue weighted by molar-refractivity contribution is 7.89. The van der Waals surface area contributed by atoms with Crippen LogP contribution in [0.1, 0.15) is 34.5 Å². The first-order valence-corrected chi connectivity index (χ1v) is 10.6. The van der Waals surface area contributed by atoms with E-state index in [1.165, 1.54) is 5.56 Å². The molecule has 0 radical (unpaired) electrons. The number of amides is 1. The minimum atomic E-state index is -3.86. The van der Waals surface area contributed by atoms with E-state index >= 15 is 0 Å². The molecule has 0 unspecified atom stereocenters. The Morgan fingerprint density at radius 2 is 1.71 bits per heavy atom. The zero-order valence-electron chi connectivity index (χ0n) is 15.1. The lowest BCUT2D eigenvalue weighted by Gasteiger charge is -2.16. The van der Waals surface area contributed by atoms with Gasteiger partial charge in [0, 0.05) is 5.56 Å². The lowest BCUT2D eigenvalue weighted by molar-refractivity contribution is 0.0940. The number of carbonyl (C=O) groups excluding carboxylic acids is 1. The highest BCUT2D eigenvalue weighted by Crippen LogP contribution is 2.24. The van der Waals surface area contributed by atoms with Crippen molar-refractivity contribution in [3.05, 3.63) is 71.4 Å². The summed E-state index contributed by atoms with van der Waals surface area (Å²) in [4.78, 5) is 14.6. The smallest absolute Gasteiger partial charge is 0.272 e. The molecule has 8 heteroatoms. The van der Waals surface area contributed by atoms with Gasteiger partial charge in [-0.2, -0.15) is 5.10 Å². The molecule has 0 saturated carbocycles. The second kappa shape index (κ2) is 7.57. The lowest BCUT2D eigenvalue weighted by atomic mass is 9.92. The average Bonchev–Trinajstić information content (AvgIpc) is 3.23. The van der Waals surface area contributed by atoms with Crippen molar-refractivity contribution < 1.29 is 13.2 Å². The lowest BCUT2D eigenvalue weighted by Crippen LogP contribution is -2.41. The number of hydrogen-bond acceptors (Lipinski definition) is 4. The van der Waals surface area contributed by atoms with Crippen molar-refractivity contribution >= 4 is 15.9 Å². The van der Waals surface area contributed by atoms with Crippen LogP contribution in [0.4, 0.5) is 0 Å². The molecule has 0 fully saturated rings. The summed E-state index contributed by atoms with van der Waals surface area (Å²) < 4.78 is 25.1. The second-order valence-electron chi connectivity index (χ2n) is 6.73. The highest BCUT2D eigenvalue weighted by atomic mass is 32.2. The quantitative estimate of drug-likeness (QED) is 0.577. The van der Waals surface area contributed by atoms with Crippen molar-refractivity contribution in [1.29, 1.82) is 0 Å². The Hall–Kier alpha value is -2.97. The Balaban J connectivity index is 1.45. The van der Waals surface area contributed by atoms with Gasteiger partial charge in [-0.05, 0) is 55.0 Å². The summed E-state index contributed by atoms with van der Waals surface area (Å²) in [6.07, 6.45) is 4.04. The van der Waals surface area contributed by atoms with Crippen LogP contribution in [0, 0.1) is 0 Å². The number of nitrogens with zero attached hydrogens (tertiary/aromatic N) is 1. The van der Waals surface area contributed by atoms with Crippen LogP contribution in [-0.2, 0) is 22.9 Å². The molecule has 28 heavy (non-hydrogen) atoms. The minimum absolute atomic E-state index is 0.142. The number of sulfonamides is 1. The van der Waals surface area contributed by atoms with Gasteiger partial charge < -0.3 is 0 Å². The van der Waals surface area contributed by atoms with Gasteiger partial charge in [0.25, 0.3) is 15.9 Å². The predicted molar refractivity (Wildman–Crippen MR) is 105 cm³/mol. The predicted octanol–water partition coefficient (Wildman–Crippen LogP) is 2.58. The fourth-order valence-corrected chi connectivity index (χ4v) is 4.20. The third kappa shape index (κ3) is 3.83. The molecule has 1 aliphatic rings. The SMILES string of the molecule is O=C(NNS(=O)(=O)c1ccc2c(c1)CCCC2)c1cc(-c2ccccc2)n[nH]1. The molecule has 144 valence electrons. The van der Waals surface area contributed by atoms with E-state index in [0.29, 0.717) is 5.69 Å². The summed E-state index contributed by atoms with van der Waals surface area (Å²) in [5, 5.41) is 6.72. The summed E-state index contributed by atoms with van der Waals surface area (Å²) in [6, 6.07) is 16.1. The van der Waals surface area contributed by atoms with Crippen molar-refractivity contribution in [1.82, 2.24) is 20.5 Å². The van der Waals surface area contributed by atoms with Crippen molar-refractivity contribution in [2.45, 2.75) is 30.6 Å². The van der Waals surface area contributed by atoms with Crippen LogP contribution < -0.4 is 10.3 Å². The number of hydrazine groups is 1. The van der Waals surface area contributed by atoms with Gasteiger partial charge in [-0.1, -0.05) is 36.4 Å². The number of rotatable bonds is 5. The summed E-state index contributed by atoms with van der Waals surface area (Å²) >= 11 is 0. The van der Waals surface area contributed by atoms with Crippen molar-refractivity contribution in [3.8, 4) is 11.3 Å². The minimum Gasteiger partial charge on any atom is -0.272 e. The number of hydrogen-bond donors (Lipinski definition) is 3. The Morgan fingerprint density at radius 1 is 0.964 bits per heavy atom. The fourth-order valence-electron chi connectivity index (χ4n) is 3.31. The average molecular weight is 396 g/mol. The third-order valence-electron chi connectivity index (χ3n) is 4.82. The molecule has 3 N–H and O–H groups in total. The molecule has 3 aromatic rings. The fraction of sp³-hybridized carbons (Fsp3) is 0.200. The van der Waals surface area contributed by atoms with Crippen molar-refractivity contribution in [3.63, 3.8) is 0 Å². The monoisotopic (exact) mass is 396 g/mol. The summed E-state index contributed by atoms with van der Waals surface area (Å²) in [5.41, 5.74) is 6.10. The van der Waals surface area contributed by atoms with E-state index < -0.39 is 15.9 Å². The Bertz CT molecular complexity index is 1110. The first-order valence-electron chi connectivity index (χ1n) is 9.08. The van der Waals surface area contributed by atoms with Crippen LogP contribution in [-0.4, -0.2) is 24.5 Å². The molecule has 7 nitrogen and oxygen atoms in total. The third-order valence-corrected chi connectivity index (χ3v) is 6.07. The molecule has 0 aliphatic heterocycles. The van der Waals surface area contributed by atoms with Crippen LogP contribution in [0.3, 0.4) is 0 Å². The molecule has 1 heterocycles. The molecule has 1 aromatic heterocycles. The molecule has 4 rings (SSSR count). The van der Waals surface area contributed by atoms with E-state index in [1.807, 2.05) is 36.4 Å². The van der Waals surface area contributed by atoms with E-state index in [-0.39, 0.29) is 10.6 Å². The molecule has 0 spiro atoms. The van der Waals surface area contributed by atoms with Crippen LogP contribution in [0.25, 0.3) is 11.3 Å². The van der Waals surface area contributed by atoms with Gasteiger partial charge in [-0.3, -0.25) is 15.3 Å². The van der Waals surface area contributed by atoms with E-state index in [9.17, 15) is 13.2 Å². The van der Waals surface area contributed by atoms with Gasteiger partial charge in [-0.15, -0.1) is 4.83 Å². The molecule has 1 aliphatic carbocycles. The van der Waals surface area contributed by atoms with Gasteiger partial charge >= 0.3 is 0 Å². The van der Waals surface area contributed by atoms with E-state index in [0.717, 1.165) is 36.8 Å². The first-order chi connectivity index (χ1) is 13.5. The zero-order chi connectivity index (χ0) is 19.6. The molecule has 0 atom stereocenters. The van der Waals surface area contributed by atoms with Crippen LogP contribution >= 0.6 is 0 Å². The molecular formula is C20H20N4O3S. The maximum Gasteiger partial charge on any atom is 0.284 e. The zero-order valence-corrected chi connectivity index (χ0v) is 15.9. The summed E-state index contributed by atoms with van der Waals surface area (Å²) in [5.74, 6) is -0.615. The van der Waals surface area contributed by atoms with Gasteiger partial charge in [-0.25, -0.2) is 8.42 Å². The number of nitrogens with one attached hydrogen (secondary N) is 3. The normalized spacial score (nSPS) is 13.7. The van der Waals surface area contributed by atoms with Gasteiger partial charge in [0.2, 0.25) is 0 Å². The van der Waals surface area contributed by atoms with Crippen LogP contribution in [0.5, 0.6) is 0 Å². The number of benzene rings is 2. The molecule has 0 bridgehead atoms. The topological polar surface area (TPSA) is 104 Å². The molecule has 0 saturated heterocycles. The number of aryl methyl sites for hydroxylation is 2. The molecule has 2 aromatic carbocycles. The number of aromatic amines is 1. The maximum absolute atomic E-state index is 12.5. The summed E-state index contributed by atoms with van der Waals surface area (Å²) in [7, 11) is -3.86. The van der Waals surface area contributed by atoms with Crippen LogP contribution in [0.2, 0.25) is 0 Å². The maximum atomic E-state index is 12.5. The number of H-pyrrole nitrogens is 1. The Labute approximate surface area is 163 Å². The van der Waals surface area contributed by atoms with Crippen molar-refractivity contribution in [2.24, 2.45) is 0 Å². The second-order valence-corrected chi connectivity index (χ2v) is 8.41. The van der Waals surface area contributed by atoms with Crippen LogP contribution in [0.15, 0.2) is 59.5 Å². The number of aromatic nitrogens is 2. The number of carbonyl (C=O) groups is 1. The standard InChI is InChI=1S/C20H20N4O3S/c25-20(19-13-18(21-22-19)15-7-2-1-3-8-15)23-24-28(26,27)17-11-10-14-6-4-5-9-16(14)12-17/h1-3,7-8,10-13,24H,4-6,9H2,(H,21,22)(H,23,25). The number of fused-ring (bicyclic) bond motifs is 1. The summed E-state index contributed by atoms with van der Waals surface area (Å²) in [6.45, 7) is 0. The highest BCUT2D eigenvalue weighted by Gasteiger charge is 2.19. The Kier molecular flexibility index (Phi) is 4.97. The first kappa shape index (κ1) is 18.4. The van der Waals surface area contributed by atoms with Gasteiger partial charge in [0.05, 0.1) is 10.6 Å². The largest absolute Gasteiger partial charge is 0.284 e.